The number of likely N-dealkylation sites (tertiary alicyclic amines) is 1. The fourth-order valence-corrected chi connectivity index (χ4v) is 3.69. The fourth-order valence-electron chi connectivity index (χ4n) is 3.69. The molecule has 2 aromatic rings. The normalized spacial score (nSPS) is 18.9. The topological polar surface area (TPSA) is 52.6 Å². The largest absolute Gasteiger partial charge is 0.352 e. The number of aromatic nitrogens is 2. The summed E-state index contributed by atoms with van der Waals surface area (Å²) in [5, 5.41) is 0.722. The number of piperazine rings is 1. The average Bonchev–Trinajstić information content (AvgIpc) is 3.15. The molecule has 2 saturated heterocycles. The molecule has 0 atom stereocenters. The van der Waals surface area contributed by atoms with Gasteiger partial charge in [0.05, 0.1) is 6.54 Å². The van der Waals surface area contributed by atoms with E-state index < -0.39 is 0 Å². The van der Waals surface area contributed by atoms with E-state index in [2.05, 4.69) is 19.8 Å². The molecule has 132 valence electrons. The Morgan fingerprint density at radius 2 is 1.80 bits per heavy atom. The molecule has 25 heavy (non-hydrogen) atoms. The summed E-state index contributed by atoms with van der Waals surface area (Å²) in [4.78, 5) is 27.1. The number of hydrogen-bond donors (Lipinski definition) is 0. The minimum atomic E-state index is -0.333. The summed E-state index contributed by atoms with van der Waals surface area (Å²) in [7, 11) is 0. The van der Waals surface area contributed by atoms with Crippen LogP contribution in [-0.4, -0.2) is 71.5 Å². The first-order valence-corrected chi connectivity index (χ1v) is 8.87. The summed E-state index contributed by atoms with van der Waals surface area (Å²) in [6, 6.07) is 4.94. The number of para-hydroxylation sites is 1. The predicted octanol–water partition coefficient (Wildman–Crippen LogP) is 1.51. The van der Waals surface area contributed by atoms with Gasteiger partial charge in [-0.15, -0.1) is 0 Å². The summed E-state index contributed by atoms with van der Waals surface area (Å²) < 4.78 is 13.9. The second-order valence-electron chi connectivity index (χ2n) is 6.68. The first-order valence-electron chi connectivity index (χ1n) is 8.87. The average molecular weight is 343 g/mol. The second kappa shape index (κ2) is 6.92. The van der Waals surface area contributed by atoms with Crippen LogP contribution in [-0.2, 0) is 4.79 Å². The zero-order valence-electron chi connectivity index (χ0n) is 14.2. The highest BCUT2D eigenvalue weighted by molar-refractivity contribution is 5.89. The molecule has 1 amide bonds. The lowest BCUT2D eigenvalue weighted by Gasteiger charge is -2.36. The van der Waals surface area contributed by atoms with Crippen LogP contribution in [0.4, 0.5) is 10.2 Å². The number of nitrogens with zero attached hydrogens (tertiary/aromatic N) is 5. The first-order chi connectivity index (χ1) is 12.2. The summed E-state index contributed by atoms with van der Waals surface area (Å²) in [5.74, 6) is 0.622. The smallest absolute Gasteiger partial charge is 0.236 e. The van der Waals surface area contributed by atoms with Crippen LogP contribution in [0.15, 0.2) is 24.5 Å². The lowest BCUT2D eigenvalue weighted by molar-refractivity contribution is -0.132. The zero-order valence-corrected chi connectivity index (χ0v) is 14.2. The van der Waals surface area contributed by atoms with Crippen molar-refractivity contribution in [3.63, 3.8) is 0 Å². The molecule has 2 fully saturated rings. The number of rotatable bonds is 3. The molecule has 0 bridgehead atoms. The van der Waals surface area contributed by atoms with Crippen LogP contribution in [0.3, 0.4) is 0 Å². The van der Waals surface area contributed by atoms with Gasteiger partial charge in [0.2, 0.25) is 5.91 Å². The number of carbonyl (C=O) groups excluding carboxylic acids is 1. The molecule has 6 nitrogen and oxygen atoms in total. The number of halogens is 1. The first kappa shape index (κ1) is 16.2. The van der Waals surface area contributed by atoms with Gasteiger partial charge in [0.25, 0.3) is 0 Å². The Kier molecular flexibility index (Phi) is 4.48. The third-order valence-corrected chi connectivity index (χ3v) is 5.08. The maximum absolute atomic E-state index is 13.9. The molecule has 1 aromatic heterocycles. The lowest BCUT2D eigenvalue weighted by Crippen LogP contribution is -2.51. The van der Waals surface area contributed by atoms with E-state index in [4.69, 9.17) is 0 Å². The molecule has 2 aliphatic rings. The summed E-state index contributed by atoms with van der Waals surface area (Å²) >= 11 is 0. The van der Waals surface area contributed by atoms with Crippen LogP contribution in [0, 0.1) is 5.82 Å². The van der Waals surface area contributed by atoms with E-state index in [1.54, 1.807) is 6.07 Å². The maximum Gasteiger partial charge on any atom is 0.236 e. The van der Waals surface area contributed by atoms with E-state index >= 15 is 0 Å². The number of hydrogen-bond acceptors (Lipinski definition) is 5. The maximum atomic E-state index is 13.9. The summed E-state index contributed by atoms with van der Waals surface area (Å²) in [6.07, 6.45) is 3.79. The number of benzene rings is 1. The van der Waals surface area contributed by atoms with Gasteiger partial charge in [0.1, 0.15) is 23.5 Å². The van der Waals surface area contributed by atoms with Crippen molar-refractivity contribution in [2.24, 2.45) is 0 Å². The molecule has 7 heteroatoms. The molecule has 0 saturated carbocycles. The van der Waals surface area contributed by atoms with E-state index in [9.17, 15) is 9.18 Å². The van der Waals surface area contributed by atoms with E-state index in [0.29, 0.717) is 38.2 Å². The third kappa shape index (κ3) is 3.28. The molecular weight excluding hydrogens is 321 g/mol. The Hall–Kier alpha value is -2.28. The van der Waals surface area contributed by atoms with Gasteiger partial charge in [-0.3, -0.25) is 9.69 Å². The number of carbonyl (C=O) groups is 1. The highest BCUT2D eigenvalue weighted by Crippen LogP contribution is 2.25. The van der Waals surface area contributed by atoms with Crippen molar-refractivity contribution in [1.82, 2.24) is 19.8 Å². The van der Waals surface area contributed by atoms with E-state index in [0.717, 1.165) is 24.3 Å². The van der Waals surface area contributed by atoms with Crippen LogP contribution < -0.4 is 4.90 Å². The third-order valence-electron chi connectivity index (χ3n) is 5.08. The predicted molar refractivity (Wildman–Crippen MR) is 94.0 cm³/mol. The second-order valence-corrected chi connectivity index (χ2v) is 6.68. The van der Waals surface area contributed by atoms with Gasteiger partial charge in [-0.2, -0.15) is 0 Å². The Balaban J connectivity index is 1.43. The molecule has 1 aromatic carbocycles. The zero-order chi connectivity index (χ0) is 17.2. The van der Waals surface area contributed by atoms with Gasteiger partial charge in [0.15, 0.2) is 0 Å². The van der Waals surface area contributed by atoms with Crippen molar-refractivity contribution >= 4 is 22.6 Å². The lowest BCUT2D eigenvalue weighted by atomic mass is 10.2. The molecule has 0 radical (unpaired) electrons. The Labute approximate surface area is 146 Å². The Morgan fingerprint density at radius 3 is 2.56 bits per heavy atom. The van der Waals surface area contributed by atoms with Crippen LogP contribution in [0.5, 0.6) is 0 Å². The molecular formula is C18H22FN5O. The quantitative estimate of drug-likeness (QED) is 0.846. The monoisotopic (exact) mass is 343 g/mol. The summed E-state index contributed by atoms with van der Waals surface area (Å²) in [6.45, 7) is 5.35. The van der Waals surface area contributed by atoms with Gasteiger partial charge in [-0.1, -0.05) is 6.07 Å². The molecule has 0 N–H and O–H groups in total. The summed E-state index contributed by atoms with van der Waals surface area (Å²) in [5.41, 5.74) is 0.347. The Morgan fingerprint density at radius 1 is 1.04 bits per heavy atom. The van der Waals surface area contributed by atoms with Crippen molar-refractivity contribution in [1.29, 1.82) is 0 Å². The molecule has 0 spiro atoms. The van der Waals surface area contributed by atoms with Crippen molar-refractivity contribution in [3.8, 4) is 0 Å². The van der Waals surface area contributed by atoms with Crippen molar-refractivity contribution < 1.29 is 9.18 Å². The molecule has 4 rings (SSSR count). The molecule has 0 unspecified atom stereocenters. The highest BCUT2D eigenvalue weighted by atomic mass is 19.1. The van der Waals surface area contributed by atoms with E-state index in [-0.39, 0.29) is 11.7 Å². The van der Waals surface area contributed by atoms with E-state index in [1.807, 2.05) is 11.0 Å². The van der Waals surface area contributed by atoms with Gasteiger partial charge in [-0.25, -0.2) is 14.4 Å². The Bertz CT molecular complexity index is 769. The van der Waals surface area contributed by atoms with Crippen LogP contribution >= 0.6 is 0 Å². The SMILES string of the molecule is O=C(CN1CCCC1)N1CCN(c2ncnc3c(F)cccc23)CC1. The minimum absolute atomic E-state index is 0.208. The van der Waals surface area contributed by atoms with Gasteiger partial charge >= 0.3 is 0 Å². The molecule has 2 aliphatic heterocycles. The fraction of sp³-hybridized carbons (Fsp3) is 0.500. The highest BCUT2D eigenvalue weighted by Gasteiger charge is 2.25. The van der Waals surface area contributed by atoms with Crippen LogP contribution in [0.25, 0.3) is 10.9 Å². The minimum Gasteiger partial charge on any atom is -0.352 e. The van der Waals surface area contributed by atoms with Gasteiger partial charge < -0.3 is 9.80 Å². The number of amides is 1. The van der Waals surface area contributed by atoms with Gasteiger partial charge in [0, 0.05) is 31.6 Å². The molecule has 3 heterocycles. The van der Waals surface area contributed by atoms with Crippen molar-refractivity contribution in [2.45, 2.75) is 12.8 Å². The van der Waals surface area contributed by atoms with E-state index in [1.165, 1.54) is 25.2 Å². The van der Waals surface area contributed by atoms with Crippen LogP contribution in [0.1, 0.15) is 12.8 Å². The standard InChI is InChI=1S/C18H22FN5O/c19-15-5-3-4-14-17(15)20-13-21-18(14)24-10-8-23(9-11-24)16(25)12-22-6-1-2-7-22/h3-5,13H,1-2,6-12H2. The number of anilines is 1. The van der Waals surface area contributed by atoms with Crippen molar-refractivity contribution in [2.75, 3.05) is 50.7 Å². The number of fused-ring (bicyclic) bond motifs is 1. The van der Waals surface area contributed by atoms with Gasteiger partial charge in [-0.05, 0) is 38.1 Å². The van der Waals surface area contributed by atoms with Crippen LogP contribution in [0.2, 0.25) is 0 Å². The molecule has 0 aliphatic carbocycles. The van der Waals surface area contributed by atoms with Crippen molar-refractivity contribution in [3.05, 3.63) is 30.3 Å².